The predicted molar refractivity (Wildman–Crippen MR) is 86.4 cm³/mol. The van der Waals surface area contributed by atoms with Crippen molar-refractivity contribution in [2.24, 2.45) is 5.10 Å². The Kier molecular flexibility index (Phi) is 4.60. The van der Waals surface area contributed by atoms with E-state index in [4.69, 9.17) is 0 Å². The largest absolute Gasteiger partial charge is 0.506 e. The lowest BCUT2D eigenvalue weighted by Gasteiger charge is -2.12. The number of fused-ring (bicyclic) bond motifs is 1. The van der Waals surface area contributed by atoms with E-state index in [2.05, 4.69) is 10.5 Å². The zero-order chi connectivity index (χ0) is 16.3. The highest BCUT2D eigenvalue weighted by Crippen LogP contribution is 2.26. The molecule has 0 saturated heterocycles. The summed E-state index contributed by atoms with van der Waals surface area (Å²) < 4.78 is 1.46. The zero-order valence-electron chi connectivity index (χ0n) is 12.9. The van der Waals surface area contributed by atoms with E-state index in [9.17, 15) is 14.7 Å². The molecule has 1 amide bonds. The molecule has 22 heavy (non-hydrogen) atoms. The van der Waals surface area contributed by atoms with Gasteiger partial charge in [-0.05, 0) is 32.4 Å². The van der Waals surface area contributed by atoms with Gasteiger partial charge in [0, 0.05) is 17.6 Å². The molecule has 0 bridgehead atoms. The van der Waals surface area contributed by atoms with Crippen LogP contribution in [0.25, 0.3) is 10.9 Å². The molecule has 0 aliphatic rings. The Morgan fingerprint density at radius 3 is 2.64 bits per heavy atom. The highest BCUT2D eigenvalue weighted by atomic mass is 16.3. The lowest BCUT2D eigenvalue weighted by molar-refractivity contribution is 0.0950. The third-order valence-corrected chi connectivity index (χ3v) is 3.55. The Bertz CT molecular complexity index is 806. The van der Waals surface area contributed by atoms with Gasteiger partial charge in [-0.15, -0.1) is 0 Å². The maximum absolute atomic E-state index is 12.5. The van der Waals surface area contributed by atoms with Crippen LogP contribution in [0.15, 0.2) is 34.2 Å². The summed E-state index contributed by atoms with van der Waals surface area (Å²) in [6.07, 6.45) is 0.684. The maximum atomic E-state index is 12.5. The molecule has 0 saturated carbocycles. The van der Waals surface area contributed by atoms with Crippen LogP contribution in [0, 0.1) is 0 Å². The third-order valence-electron chi connectivity index (χ3n) is 3.55. The average molecular weight is 301 g/mol. The minimum Gasteiger partial charge on any atom is -0.506 e. The van der Waals surface area contributed by atoms with Gasteiger partial charge in [-0.25, -0.2) is 5.43 Å². The summed E-state index contributed by atoms with van der Waals surface area (Å²) in [4.78, 5) is 24.7. The van der Waals surface area contributed by atoms with E-state index in [-0.39, 0.29) is 11.3 Å². The average Bonchev–Trinajstić information content (AvgIpc) is 2.53. The summed E-state index contributed by atoms with van der Waals surface area (Å²) in [5, 5.41) is 14.7. The molecule has 0 atom stereocenters. The van der Waals surface area contributed by atoms with Gasteiger partial charge in [0.25, 0.3) is 11.5 Å². The normalized spacial score (nSPS) is 11.7. The first-order valence-corrected chi connectivity index (χ1v) is 7.19. The molecule has 1 aromatic heterocycles. The van der Waals surface area contributed by atoms with Crippen LogP contribution in [0.5, 0.6) is 5.75 Å². The molecule has 2 N–H and O–H groups in total. The van der Waals surface area contributed by atoms with Crippen molar-refractivity contribution in [1.82, 2.24) is 9.99 Å². The first-order chi connectivity index (χ1) is 10.5. The quantitative estimate of drug-likeness (QED) is 0.671. The van der Waals surface area contributed by atoms with E-state index in [0.717, 1.165) is 5.71 Å². The van der Waals surface area contributed by atoms with E-state index in [1.807, 2.05) is 13.8 Å². The maximum Gasteiger partial charge on any atom is 0.280 e. The Balaban J connectivity index is 2.64. The molecule has 1 aromatic carbocycles. The van der Waals surface area contributed by atoms with Gasteiger partial charge in [-0.2, -0.15) is 5.10 Å². The van der Waals surface area contributed by atoms with Crippen LogP contribution in [0.2, 0.25) is 0 Å². The van der Waals surface area contributed by atoms with Crippen molar-refractivity contribution in [2.75, 3.05) is 0 Å². The number of aromatic nitrogens is 1. The lowest BCUT2D eigenvalue weighted by Crippen LogP contribution is -2.31. The summed E-state index contributed by atoms with van der Waals surface area (Å²) in [6.45, 7) is 5.89. The van der Waals surface area contributed by atoms with Crippen molar-refractivity contribution in [3.8, 4) is 5.75 Å². The molecule has 2 aromatic rings. The van der Waals surface area contributed by atoms with E-state index in [1.165, 1.54) is 4.57 Å². The van der Waals surface area contributed by atoms with Gasteiger partial charge < -0.3 is 9.67 Å². The van der Waals surface area contributed by atoms with Crippen LogP contribution in [-0.2, 0) is 6.54 Å². The van der Waals surface area contributed by atoms with Crippen LogP contribution in [0.1, 0.15) is 37.6 Å². The molecule has 0 unspecified atom stereocenters. The van der Waals surface area contributed by atoms with Crippen molar-refractivity contribution >= 4 is 22.5 Å². The van der Waals surface area contributed by atoms with E-state index in [1.54, 1.807) is 31.2 Å². The Labute approximate surface area is 128 Å². The number of amides is 1. The minimum absolute atomic E-state index is 0.284. The molecule has 116 valence electrons. The van der Waals surface area contributed by atoms with Gasteiger partial charge >= 0.3 is 0 Å². The summed E-state index contributed by atoms with van der Waals surface area (Å²) in [7, 11) is 0. The number of carbonyl (C=O) groups is 1. The number of aryl methyl sites for hydroxylation is 1. The number of hydrazone groups is 1. The Morgan fingerprint density at radius 1 is 1.32 bits per heavy atom. The summed E-state index contributed by atoms with van der Waals surface area (Å²) >= 11 is 0. The molecule has 0 spiro atoms. The topological polar surface area (TPSA) is 83.7 Å². The fourth-order valence-corrected chi connectivity index (χ4v) is 2.19. The number of para-hydroxylation sites is 1. The summed E-state index contributed by atoms with van der Waals surface area (Å²) in [6, 6.07) is 6.93. The fourth-order valence-electron chi connectivity index (χ4n) is 2.19. The van der Waals surface area contributed by atoms with Crippen molar-refractivity contribution in [2.45, 2.75) is 33.7 Å². The van der Waals surface area contributed by atoms with Crippen LogP contribution in [-0.4, -0.2) is 21.3 Å². The van der Waals surface area contributed by atoms with Crippen LogP contribution < -0.4 is 11.0 Å². The van der Waals surface area contributed by atoms with Crippen molar-refractivity contribution < 1.29 is 9.90 Å². The Hall–Kier alpha value is -2.63. The second-order valence-corrected chi connectivity index (χ2v) is 4.93. The van der Waals surface area contributed by atoms with Crippen molar-refractivity contribution in [3.63, 3.8) is 0 Å². The molecular formula is C16H19N3O3. The molecule has 0 radical (unpaired) electrons. The van der Waals surface area contributed by atoms with E-state index >= 15 is 0 Å². The molecule has 2 rings (SSSR count). The number of benzene rings is 1. The number of carbonyl (C=O) groups excluding carboxylic acids is 1. The molecule has 0 aliphatic heterocycles. The molecule has 0 aliphatic carbocycles. The van der Waals surface area contributed by atoms with Crippen LogP contribution in [0.3, 0.4) is 0 Å². The van der Waals surface area contributed by atoms with Gasteiger partial charge in [-0.3, -0.25) is 9.59 Å². The van der Waals surface area contributed by atoms with Gasteiger partial charge in [0.15, 0.2) is 0 Å². The lowest BCUT2D eigenvalue weighted by atomic mass is 10.1. The van der Waals surface area contributed by atoms with Crippen LogP contribution in [0.4, 0.5) is 0 Å². The van der Waals surface area contributed by atoms with Crippen molar-refractivity contribution in [3.05, 3.63) is 40.2 Å². The summed E-state index contributed by atoms with van der Waals surface area (Å²) in [5.41, 5.74) is 2.83. The second kappa shape index (κ2) is 6.43. The number of hydrogen-bond donors (Lipinski definition) is 2. The predicted octanol–water partition coefficient (Wildman–Crippen LogP) is 2.24. The van der Waals surface area contributed by atoms with E-state index < -0.39 is 11.5 Å². The Morgan fingerprint density at radius 2 is 2.00 bits per heavy atom. The number of pyridine rings is 1. The van der Waals surface area contributed by atoms with Gasteiger partial charge in [-0.1, -0.05) is 19.1 Å². The third kappa shape index (κ3) is 2.72. The summed E-state index contributed by atoms with van der Waals surface area (Å²) in [5.74, 6) is -1.02. The number of aromatic hydroxyl groups is 1. The molecule has 6 heteroatoms. The molecule has 6 nitrogen and oxygen atoms in total. The number of nitrogens with zero attached hydrogens (tertiary/aromatic N) is 2. The number of nitrogens with one attached hydrogen (secondary N) is 1. The smallest absolute Gasteiger partial charge is 0.280 e. The van der Waals surface area contributed by atoms with E-state index in [0.29, 0.717) is 23.9 Å². The van der Waals surface area contributed by atoms with Gasteiger partial charge in [0.05, 0.1) is 5.52 Å². The first kappa shape index (κ1) is 15.8. The van der Waals surface area contributed by atoms with Gasteiger partial charge in [0.1, 0.15) is 11.3 Å². The minimum atomic E-state index is -0.705. The number of rotatable bonds is 4. The highest BCUT2D eigenvalue weighted by Gasteiger charge is 2.21. The number of hydrogen-bond acceptors (Lipinski definition) is 4. The van der Waals surface area contributed by atoms with Gasteiger partial charge in [0.2, 0.25) is 0 Å². The highest BCUT2D eigenvalue weighted by molar-refractivity contribution is 6.02. The molecule has 1 heterocycles. The van der Waals surface area contributed by atoms with Crippen molar-refractivity contribution in [1.29, 1.82) is 0 Å². The zero-order valence-corrected chi connectivity index (χ0v) is 12.9. The SMILES string of the molecule is CCC(C)=NNC(=O)c1c(O)c2ccccc2n(CC)c1=O. The fraction of sp³-hybridized carbons (Fsp3) is 0.312. The molecule has 0 fully saturated rings. The monoisotopic (exact) mass is 301 g/mol. The van der Waals surface area contributed by atoms with Crippen LogP contribution >= 0.6 is 0 Å². The first-order valence-electron chi connectivity index (χ1n) is 7.19. The second-order valence-electron chi connectivity index (χ2n) is 4.93. The standard InChI is InChI=1S/C16H19N3O3/c1-4-10(3)17-18-15(21)13-14(20)11-8-6-7-9-12(11)19(5-2)16(13)22/h6-9,20H,4-5H2,1-3H3,(H,18,21). The molecular weight excluding hydrogens is 282 g/mol.